The van der Waals surface area contributed by atoms with Crippen molar-refractivity contribution >= 4 is 5.91 Å². The Balaban J connectivity index is 2.52. The number of nitrogens with one attached hydrogen (secondary N) is 1. The Morgan fingerprint density at radius 2 is 2.24 bits per heavy atom. The van der Waals surface area contributed by atoms with Gasteiger partial charge in [0.2, 0.25) is 5.91 Å². The van der Waals surface area contributed by atoms with E-state index in [1.165, 1.54) is 0 Å². The van der Waals surface area contributed by atoms with Gasteiger partial charge in [0, 0.05) is 19.0 Å². The molecule has 1 rings (SSSR count). The van der Waals surface area contributed by atoms with Crippen LogP contribution in [0.3, 0.4) is 0 Å². The highest BCUT2D eigenvalue weighted by Crippen LogP contribution is 2.16. The molecule has 17 heavy (non-hydrogen) atoms. The molecule has 100 valence electrons. The smallest absolute Gasteiger partial charge is 0.224 e. The number of ether oxygens (including phenoxy) is 1. The highest BCUT2D eigenvalue weighted by Gasteiger charge is 2.29. The van der Waals surface area contributed by atoms with Crippen molar-refractivity contribution in [2.45, 2.75) is 58.7 Å². The van der Waals surface area contributed by atoms with Crippen LogP contribution in [0.1, 0.15) is 40.5 Å². The second-order valence-corrected chi connectivity index (χ2v) is 4.91. The number of amides is 1. The first-order chi connectivity index (χ1) is 8.08. The maximum absolute atomic E-state index is 12.2. The van der Waals surface area contributed by atoms with Gasteiger partial charge in [-0.05, 0) is 26.8 Å². The van der Waals surface area contributed by atoms with Crippen LogP contribution in [0.15, 0.2) is 0 Å². The Labute approximate surface area is 105 Å². The number of hydrogen-bond donors (Lipinski definition) is 1. The van der Waals surface area contributed by atoms with Gasteiger partial charge >= 0.3 is 0 Å². The van der Waals surface area contributed by atoms with Gasteiger partial charge < -0.3 is 15.0 Å². The van der Waals surface area contributed by atoms with Crippen LogP contribution >= 0.6 is 0 Å². The Bertz CT molecular complexity index is 246. The predicted octanol–water partition coefficient (Wildman–Crippen LogP) is 1.40. The van der Waals surface area contributed by atoms with Crippen molar-refractivity contribution in [3.05, 3.63) is 0 Å². The fourth-order valence-corrected chi connectivity index (χ4v) is 2.29. The van der Waals surface area contributed by atoms with Crippen LogP contribution in [0.2, 0.25) is 0 Å². The lowest BCUT2D eigenvalue weighted by molar-refractivity contribution is -0.144. The molecule has 0 spiro atoms. The van der Waals surface area contributed by atoms with Gasteiger partial charge in [-0.25, -0.2) is 0 Å². The third-order valence-corrected chi connectivity index (χ3v) is 3.29. The van der Waals surface area contributed by atoms with Gasteiger partial charge in [0.05, 0.1) is 18.8 Å². The van der Waals surface area contributed by atoms with Crippen molar-refractivity contribution in [3.8, 4) is 0 Å². The molecule has 0 aromatic heterocycles. The van der Waals surface area contributed by atoms with E-state index in [0.717, 1.165) is 19.5 Å². The second kappa shape index (κ2) is 6.97. The first-order valence-corrected chi connectivity index (χ1v) is 6.72. The highest BCUT2D eigenvalue weighted by atomic mass is 16.5. The number of hydrogen-bond acceptors (Lipinski definition) is 3. The molecule has 1 aliphatic rings. The van der Waals surface area contributed by atoms with E-state index in [4.69, 9.17) is 4.74 Å². The third kappa shape index (κ3) is 4.28. The van der Waals surface area contributed by atoms with Crippen LogP contribution in [0.25, 0.3) is 0 Å². The van der Waals surface area contributed by atoms with E-state index >= 15 is 0 Å². The predicted molar refractivity (Wildman–Crippen MR) is 69.0 cm³/mol. The van der Waals surface area contributed by atoms with Gasteiger partial charge in [-0.3, -0.25) is 4.79 Å². The minimum absolute atomic E-state index is 0.163. The largest absolute Gasteiger partial charge is 0.375 e. The molecule has 1 heterocycles. The van der Waals surface area contributed by atoms with Gasteiger partial charge in [-0.2, -0.15) is 0 Å². The first kappa shape index (κ1) is 14.5. The molecule has 3 atom stereocenters. The zero-order chi connectivity index (χ0) is 12.8. The summed E-state index contributed by atoms with van der Waals surface area (Å²) in [6.07, 6.45) is 1.71. The van der Waals surface area contributed by atoms with E-state index < -0.39 is 0 Å². The first-order valence-electron chi connectivity index (χ1n) is 6.72. The zero-order valence-corrected chi connectivity index (χ0v) is 11.5. The molecule has 0 bridgehead atoms. The van der Waals surface area contributed by atoms with Crippen LogP contribution in [0.4, 0.5) is 0 Å². The van der Waals surface area contributed by atoms with Crippen LogP contribution in [-0.2, 0) is 9.53 Å². The molecule has 0 aromatic rings. The molecule has 1 saturated heterocycles. The normalized spacial score (nSPS) is 26.9. The number of morpholine rings is 1. The van der Waals surface area contributed by atoms with E-state index in [0.29, 0.717) is 13.0 Å². The van der Waals surface area contributed by atoms with E-state index in [1.54, 1.807) is 0 Å². The molecule has 1 N–H and O–H groups in total. The van der Waals surface area contributed by atoms with Gasteiger partial charge in [-0.15, -0.1) is 0 Å². The van der Waals surface area contributed by atoms with Crippen LogP contribution < -0.4 is 5.32 Å². The summed E-state index contributed by atoms with van der Waals surface area (Å²) >= 11 is 0. The van der Waals surface area contributed by atoms with Gasteiger partial charge in [-0.1, -0.05) is 13.8 Å². The Morgan fingerprint density at radius 1 is 1.53 bits per heavy atom. The van der Waals surface area contributed by atoms with Crippen molar-refractivity contribution in [1.29, 1.82) is 0 Å². The monoisotopic (exact) mass is 242 g/mol. The van der Waals surface area contributed by atoms with Gasteiger partial charge in [0.25, 0.3) is 0 Å². The SMILES string of the molecule is CCNC(C)CC(=O)N1CC(C)OCC1CC. The van der Waals surface area contributed by atoms with Crippen molar-refractivity contribution in [2.24, 2.45) is 0 Å². The summed E-state index contributed by atoms with van der Waals surface area (Å²) in [6.45, 7) is 10.6. The third-order valence-electron chi connectivity index (χ3n) is 3.29. The van der Waals surface area contributed by atoms with Crippen molar-refractivity contribution in [2.75, 3.05) is 19.7 Å². The maximum atomic E-state index is 12.2. The molecule has 1 fully saturated rings. The minimum Gasteiger partial charge on any atom is -0.375 e. The molecule has 4 nitrogen and oxygen atoms in total. The summed E-state index contributed by atoms with van der Waals surface area (Å²) < 4.78 is 5.60. The molecule has 0 saturated carbocycles. The van der Waals surface area contributed by atoms with E-state index in [2.05, 4.69) is 26.1 Å². The molecule has 0 aromatic carbocycles. The average Bonchev–Trinajstić information content (AvgIpc) is 2.29. The average molecular weight is 242 g/mol. The highest BCUT2D eigenvalue weighted by molar-refractivity contribution is 5.77. The quantitative estimate of drug-likeness (QED) is 0.792. The molecular formula is C13H26N2O2. The molecule has 0 aliphatic carbocycles. The molecule has 0 radical (unpaired) electrons. The molecule has 1 aliphatic heterocycles. The van der Waals surface area contributed by atoms with E-state index in [-0.39, 0.29) is 24.1 Å². The van der Waals surface area contributed by atoms with Gasteiger partial charge in [0.15, 0.2) is 0 Å². The Hall–Kier alpha value is -0.610. The number of carbonyl (C=O) groups is 1. The van der Waals surface area contributed by atoms with Crippen molar-refractivity contribution in [1.82, 2.24) is 10.2 Å². The number of nitrogens with zero attached hydrogens (tertiary/aromatic N) is 1. The Kier molecular flexibility index (Phi) is 5.92. The summed E-state index contributed by atoms with van der Waals surface area (Å²) in [5, 5.41) is 3.28. The summed E-state index contributed by atoms with van der Waals surface area (Å²) in [7, 11) is 0. The lowest BCUT2D eigenvalue weighted by Crippen LogP contribution is -2.52. The van der Waals surface area contributed by atoms with Crippen molar-refractivity contribution < 1.29 is 9.53 Å². The summed E-state index contributed by atoms with van der Waals surface area (Å²) in [6, 6.07) is 0.510. The minimum atomic E-state index is 0.163. The second-order valence-electron chi connectivity index (χ2n) is 4.91. The van der Waals surface area contributed by atoms with E-state index in [1.807, 2.05) is 11.8 Å². The fraction of sp³-hybridized carbons (Fsp3) is 0.923. The topological polar surface area (TPSA) is 41.6 Å². The lowest BCUT2D eigenvalue weighted by Gasteiger charge is -2.38. The van der Waals surface area contributed by atoms with Gasteiger partial charge in [0.1, 0.15) is 0 Å². The van der Waals surface area contributed by atoms with Crippen LogP contribution in [-0.4, -0.2) is 48.7 Å². The van der Waals surface area contributed by atoms with Crippen LogP contribution in [0.5, 0.6) is 0 Å². The summed E-state index contributed by atoms with van der Waals surface area (Å²) in [5.74, 6) is 0.250. The molecule has 1 amide bonds. The zero-order valence-electron chi connectivity index (χ0n) is 11.5. The fourth-order valence-electron chi connectivity index (χ4n) is 2.29. The van der Waals surface area contributed by atoms with Crippen molar-refractivity contribution in [3.63, 3.8) is 0 Å². The molecule has 3 unspecified atom stereocenters. The summed E-state index contributed by atoms with van der Waals surface area (Å²) in [5.41, 5.74) is 0. The standard InChI is InChI=1S/C13H26N2O2/c1-5-12-9-17-11(4)8-15(12)13(16)7-10(3)14-6-2/h10-12,14H,5-9H2,1-4H3. The Morgan fingerprint density at radius 3 is 2.82 bits per heavy atom. The molecule has 4 heteroatoms. The lowest BCUT2D eigenvalue weighted by atomic mass is 10.1. The number of carbonyl (C=O) groups excluding carboxylic acids is 1. The van der Waals surface area contributed by atoms with Crippen LogP contribution in [0, 0.1) is 0 Å². The molecular weight excluding hydrogens is 216 g/mol. The number of rotatable bonds is 5. The summed E-state index contributed by atoms with van der Waals surface area (Å²) in [4.78, 5) is 14.2. The van der Waals surface area contributed by atoms with E-state index in [9.17, 15) is 4.79 Å². The maximum Gasteiger partial charge on any atom is 0.224 e.